The van der Waals surface area contributed by atoms with Crippen molar-refractivity contribution in [2.24, 2.45) is 0 Å². The molecule has 0 spiro atoms. The number of nitrogens with one attached hydrogen (secondary N) is 1. The molecule has 27 heavy (non-hydrogen) atoms. The van der Waals surface area contributed by atoms with Gasteiger partial charge in [-0.2, -0.15) is 0 Å². The topological polar surface area (TPSA) is 126 Å². The molecule has 0 aliphatic heterocycles. The number of pyridine rings is 1. The number of carbonyl (C=O) groups is 2. The van der Waals surface area contributed by atoms with E-state index in [4.69, 9.17) is 17.3 Å². The summed E-state index contributed by atoms with van der Waals surface area (Å²) in [6.07, 6.45) is 0.134. The summed E-state index contributed by atoms with van der Waals surface area (Å²) in [5, 5.41) is 22.8. The molecule has 5 N–H and O–H groups in total. The number of hydrogen-bond acceptors (Lipinski definition) is 5. The lowest BCUT2D eigenvalue weighted by atomic mass is 10.0. The fourth-order valence-corrected chi connectivity index (χ4v) is 2.86. The number of nitrogens with two attached hydrogens (primary N) is 1. The summed E-state index contributed by atoms with van der Waals surface area (Å²) >= 11 is 5.94. The molecule has 8 heteroatoms. The minimum Gasteiger partial charge on any atom is -0.480 e. The summed E-state index contributed by atoms with van der Waals surface area (Å²) in [6.45, 7) is 0. The number of rotatable bonds is 6. The third-order valence-corrected chi connectivity index (χ3v) is 4.27. The second-order valence-corrected chi connectivity index (χ2v) is 6.44. The Morgan fingerprint density at radius 2 is 1.81 bits per heavy atom. The van der Waals surface area contributed by atoms with Gasteiger partial charge < -0.3 is 21.3 Å². The van der Waals surface area contributed by atoms with E-state index in [2.05, 4.69) is 10.3 Å². The fraction of sp³-hybridized carbons (Fsp3) is 0.105. The average molecular weight is 386 g/mol. The molecule has 1 heterocycles. The van der Waals surface area contributed by atoms with Gasteiger partial charge >= 0.3 is 11.9 Å². The summed E-state index contributed by atoms with van der Waals surface area (Å²) < 4.78 is 0. The highest BCUT2D eigenvalue weighted by Crippen LogP contribution is 2.24. The third-order valence-electron chi connectivity index (χ3n) is 4.04. The van der Waals surface area contributed by atoms with Gasteiger partial charge in [-0.25, -0.2) is 14.6 Å². The maximum atomic E-state index is 11.7. The molecule has 0 aliphatic rings. The van der Waals surface area contributed by atoms with E-state index in [0.29, 0.717) is 21.6 Å². The van der Waals surface area contributed by atoms with Gasteiger partial charge in [-0.1, -0.05) is 23.7 Å². The molecule has 7 nitrogen and oxygen atoms in total. The Morgan fingerprint density at radius 1 is 1.11 bits per heavy atom. The minimum absolute atomic E-state index is 0.0137. The first-order valence-electron chi connectivity index (χ1n) is 8.01. The van der Waals surface area contributed by atoms with Gasteiger partial charge in [-0.3, -0.25) is 0 Å². The van der Waals surface area contributed by atoms with Crippen molar-refractivity contribution < 1.29 is 19.8 Å². The van der Waals surface area contributed by atoms with Gasteiger partial charge in [-0.15, -0.1) is 0 Å². The summed E-state index contributed by atoms with van der Waals surface area (Å²) in [4.78, 5) is 27.6. The van der Waals surface area contributed by atoms with Crippen LogP contribution in [-0.2, 0) is 11.2 Å². The van der Waals surface area contributed by atoms with Crippen molar-refractivity contribution in [3.63, 3.8) is 0 Å². The average Bonchev–Trinajstić information content (AvgIpc) is 2.62. The second kappa shape index (κ2) is 7.51. The number of nitrogens with zero attached hydrogens (tertiary/aromatic N) is 1. The first kappa shape index (κ1) is 18.5. The Balaban J connectivity index is 1.97. The summed E-state index contributed by atoms with van der Waals surface area (Å²) in [5.74, 6) is -2.36. The smallest absolute Gasteiger partial charge is 0.339 e. The van der Waals surface area contributed by atoms with Crippen molar-refractivity contribution in [1.82, 2.24) is 4.98 Å². The molecule has 3 aromatic rings. The van der Waals surface area contributed by atoms with E-state index in [1.54, 1.807) is 42.5 Å². The Kier molecular flexibility index (Phi) is 5.14. The predicted octanol–water partition coefficient (Wildman–Crippen LogP) is 3.28. The highest BCUT2D eigenvalue weighted by atomic mass is 35.5. The molecular weight excluding hydrogens is 370 g/mol. The van der Waals surface area contributed by atoms with E-state index in [1.807, 2.05) is 0 Å². The molecule has 0 saturated carbocycles. The highest BCUT2D eigenvalue weighted by Gasteiger charge is 2.22. The van der Waals surface area contributed by atoms with E-state index in [9.17, 15) is 19.8 Å². The maximum absolute atomic E-state index is 11.7. The lowest BCUT2D eigenvalue weighted by molar-refractivity contribution is -0.137. The van der Waals surface area contributed by atoms with Gasteiger partial charge in [0.1, 0.15) is 17.4 Å². The molecule has 138 valence electrons. The fourth-order valence-electron chi connectivity index (χ4n) is 2.67. The first-order chi connectivity index (χ1) is 12.8. The quantitative estimate of drug-likeness (QED) is 0.480. The van der Waals surface area contributed by atoms with Crippen LogP contribution in [0.15, 0.2) is 48.5 Å². The van der Waals surface area contributed by atoms with Gasteiger partial charge in [-0.05, 0) is 42.0 Å². The van der Waals surface area contributed by atoms with Crippen LogP contribution in [-0.4, -0.2) is 33.2 Å². The van der Waals surface area contributed by atoms with Crippen molar-refractivity contribution in [2.75, 3.05) is 11.1 Å². The molecule has 3 rings (SSSR count). The lowest BCUT2D eigenvalue weighted by Crippen LogP contribution is -2.32. The van der Waals surface area contributed by atoms with E-state index in [0.717, 1.165) is 5.56 Å². The zero-order valence-corrected chi connectivity index (χ0v) is 14.8. The number of hydrogen-bond donors (Lipinski definition) is 4. The van der Waals surface area contributed by atoms with Gasteiger partial charge in [0, 0.05) is 22.5 Å². The van der Waals surface area contributed by atoms with E-state index in [1.165, 1.54) is 6.07 Å². The van der Waals surface area contributed by atoms with Crippen molar-refractivity contribution in [2.45, 2.75) is 12.5 Å². The number of anilines is 2. The maximum Gasteiger partial charge on any atom is 0.339 e. The molecule has 0 amide bonds. The largest absolute Gasteiger partial charge is 0.480 e. The van der Waals surface area contributed by atoms with Crippen LogP contribution in [0, 0.1) is 0 Å². The molecule has 1 unspecified atom stereocenters. The van der Waals surface area contributed by atoms with Crippen molar-refractivity contribution in [3.05, 3.63) is 64.7 Å². The minimum atomic E-state index is -1.22. The number of carboxylic acid groups (broad SMARTS) is 2. The van der Waals surface area contributed by atoms with Crippen LogP contribution in [0.5, 0.6) is 0 Å². The molecular formula is C19H16ClN3O4. The van der Waals surface area contributed by atoms with Crippen LogP contribution in [0.3, 0.4) is 0 Å². The second-order valence-electron chi connectivity index (χ2n) is 6.01. The molecule has 0 aliphatic carbocycles. The van der Waals surface area contributed by atoms with Gasteiger partial charge in [0.2, 0.25) is 0 Å². The summed E-state index contributed by atoms with van der Waals surface area (Å²) in [6, 6.07) is 12.0. The molecule has 0 radical (unpaired) electrons. The number of carboxylic acids is 2. The Bertz CT molecular complexity index is 1020. The monoisotopic (exact) mass is 385 g/mol. The molecule has 1 atom stereocenters. The van der Waals surface area contributed by atoms with Gasteiger partial charge in [0.25, 0.3) is 0 Å². The predicted molar refractivity (Wildman–Crippen MR) is 103 cm³/mol. The van der Waals surface area contributed by atoms with Crippen LogP contribution in [0.4, 0.5) is 11.5 Å². The van der Waals surface area contributed by atoms with E-state index < -0.39 is 18.0 Å². The van der Waals surface area contributed by atoms with Crippen LogP contribution in [0.2, 0.25) is 5.02 Å². The Labute approximate surface area is 159 Å². The number of aromatic carboxylic acids is 1. The van der Waals surface area contributed by atoms with Crippen molar-refractivity contribution >= 4 is 45.9 Å². The van der Waals surface area contributed by atoms with Crippen LogP contribution < -0.4 is 11.1 Å². The molecule has 2 aromatic carbocycles. The number of aliphatic carboxylic acids is 1. The number of fused-ring (bicyclic) bond motifs is 1. The Morgan fingerprint density at radius 3 is 2.44 bits per heavy atom. The molecule has 1 aromatic heterocycles. The highest BCUT2D eigenvalue weighted by molar-refractivity contribution is 6.31. The number of nitrogen functional groups attached to an aromatic ring is 1. The zero-order valence-electron chi connectivity index (χ0n) is 14.0. The van der Waals surface area contributed by atoms with Crippen LogP contribution in [0.25, 0.3) is 10.9 Å². The van der Waals surface area contributed by atoms with Crippen molar-refractivity contribution in [3.8, 4) is 0 Å². The number of aromatic nitrogens is 1. The zero-order chi connectivity index (χ0) is 19.6. The standard InChI is InChI=1S/C19H16ClN3O4/c20-12-3-6-15-11(8-12)9-14(18(24)25)17(22-15)23-16(19(26)27)7-10-1-4-13(21)5-2-10/h1-6,8-9,16H,7,21H2,(H,22,23)(H,24,25)(H,26,27). The SMILES string of the molecule is Nc1ccc(CC(Nc2nc3ccc(Cl)cc3cc2C(=O)O)C(=O)O)cc1. The van der Waals surface area contributed by atoms with Crippen LogP contribution >= 0.6 is 11.6 Å². The number of halogens is 1. The summed E-state index contributed by atoms with van der Waals surface area (Å²) in [5.41, 5.74) is 7.33. The Hall–Kier alpha value is -3.32. The molecule has 0 saturated heterocycles. The third kappa shape index (κ3) is 4.27. The van der Waals surface area contributed by atoms with Crippen LogP contribution in [0.1, 0.15) is 15.9 Å². The molecule has 0 fully saturated rings. The van der Waals surface area contributed by atoms with E-state index in [-0.39, 0.29) is 17.8 Å². The lowest BCUT2D eigenvalue weighted by Gasteiger charge is -2.17. The summed E-state index contributed by atoms with van der Waals surface area (Å²) in [7, 11) is 0. The molecule has 0 bridgehead atoms. The van der Waals surface area contributed by atoms with E-state index >= 15 is 0 Å². The van der Waals surface area contributed by atoms with Crippen molar-refractivity contribution in [1.29, 1.82) is 0 Å². The normalized spacial score (nSPS) is 11.9. The number of benzene rings is 2. The van der Waals surface area contributed by atoms with Gasteiger partial charge in [0.05, 0.1) is 5.52 Å². The first-order valence-corrected chi connectivity index (χ1v) is 8.38. The van der Waals surface area contributed by atoms with Gasteiger partial charge in [0.15, 0.2) is 0 Å².